The largest absolute Gasteiger partial charge is 0.465 e. The topological polar surface area (TPSA) is 82.7 Å². The standard InChI is InChI=1S/C26H27N3O4/c1-3-4-13-28-15-22(30)29-21(25(28)31)14-19-18-7-5-6-8-20(18)27-23(19)24(29)16-9-11-17(12-10-16)26(32)33-2/h5-12,21,24,27H,3-4,13-15H2,1-2H3/t21-,24?/m0/s1. The van der Waals surface area contributed by atoms with Crippen LogP contribution in [0.25, 0.3) is 10.9 Å². The first-order valence-corrected chi connectivity index (χ1v) is 11.4. The molecular formula is C26H27N3O4. The normalized spacial score (nSPS) is 20.1. The maximum atomic E-state index is 13.5. The third-order valence-electron chi connectivity index (χ3n) is 6.77. The number of ether oxygens (including phenoxy) is 1. The van der Waals surface area contributed by atoms with Crippen molar-refractivity contribution in [2.45, 2.75) is 38.3 Å². The lowest BCUT2D eigenvalue weighted by Gasteiger charge is -2.47. The highest BCUT2D eigenvalue weighted by Gasteiger charge is 2.48. The van der Waals surface area contributed by atoms with Crippen molar-refractivity contribution in [3.8, 4) is 0 Å². The molecule has 1 aromatic heterocycles. The van der Waals surface area contributed by atoms with Gasteiger partial charge in [0.05, 0.1) is 25.3 Å². The molecule has 33 heavy (non-hydrogen) atoms. The first kappa shape index (κ1) is 21.2. The number of hydrogen-bond donors (Lipinski definition) is 1. The van der Waals surface area contributed by atoms with Crippen LogP contribution in [0.5, 0.6) is 0 Å². The van der Waals surface area contributed by atoms with E-state index >= 15 is 0 Å². The Morgan fingerprint density at radius 2 is 1.88 bits per heavy atom. The van der Waals surface area contributed by atoms with E-state index < -0.39 is 18.1 Å². The van der Waals surface area contributed by atoms with Crippen LogP contribution in [0, 0.1) is 0 Å². The van der Waals surface area contributed by atoms with Gasteiger partial charge in [0.1, 0.15) is 6.04 Å². The van der Waals surface area contributed by atoms with Crippen LogP contribution < -0.4 is 0 Å². The number of piperazine rings is 1. The predicted molar refractivity (Wildman–Crippen MR) is 124 cm³/mol. The van der Waals surface area contributed by atoms with Crippen LogP contribution in [0.3, 0.4) is 0 Å². The van der Waals surface area contributed by atoms with Gasteiger partial charge in [-0.25, -0.2) is 4.79 Å². The summed E-state index contributed by atoms with van der Waals surface area (Å²) in [4.78, 5) is 45.8. The second-order valence-electron chi connectivity index (χ2n) is 8.71. The molecule has 5 rings (SSSR count). The molecule has 2 atom stereocenters. The SMILES string of the molecule is CCCCN1CC(=O)N2C(c3ccc(C(=O)OC)cc3)c3[nH]c4ccccc4c3C[C@H]2C1=O. The number of nitrogens with zero attached hydrogens (tertiary/aromatic N) is 2. The number of unbranched alkanes of at least 4 members (excludes halogenated alkanes) is 1. The maximum Gasteiger partial charge on any atom is 0.337 e. The van der Waals surface area contributed by atoms with Crippen molar-refractivity contribution in [3.05, 3.63) is 70.9 Å². The number of carbonyl (C=O) groups is 3. The number of amides is 2. The van der Waals surface area contributed by atoms with Crippen molar-refractivity contribution < 1.29 is 19.1 Å². The van der Waals surface area contributed by atoms with E-state index in [1.807, 2.05) is 30.3 Å². The summed E-state index contributed by atoms with van der Waals surface area (Å²) in [6.45, 7) is 2.78. The smallest absolute Gasteiger partial charge is 0.337 e. The third-order valence-corrected chi connectivity index (χ3v) is 6.77. The summed E-state index contributed by atoms with van der Waals surface area (Å²) < 4.78 is 4.82. The van der Waals surface area contributed by atoms with Crippen LogP contribution in [0.4, 0.5) is 0 Å². The Morgan fingerprint density at radius 3 is 2.61 bits per heavy atom. The summed E-state index contributed by atoms with van der Waals surface area (Å²) in [5.74, 6) is -0.456. The van der Waals surface area contributed by atoms with E-state index in [2.05, 4.69) is 18.0 Å². The van der Waals surface area contributed by atoms with Gasteiger partial charge in [-0.1, -0.05) is 43.7 Å². The molecule has 2 aliphatic heterocycles. The van der Waals surface area contributed by atoms with Crippen molar-refractivity contribution in [1.29, 1.82) is 0 Å². The number of aromatic amines is 1. The Labute approximate surface area is 192 Å². The van der Waals surface area contributed by atoms with Gasteiger partial charge >= 0.3 is 5.97 Å². The molecule has 0 saturated carbocycles. The molecular weight excluding hydrogens is 418 g/mol. The molecule has 7 nitrogen and oxygen atoms in total. The van der Waals surface area contributed by atoms with Gasteiger partial charge in [0.15, 0.2) is 0 Å². The van der Waals surface area contributed by atoms with E-state index in [1.165, 1.54) is 7.11 Å². The Bertz CT molecular complexity index is 1230. The first-order valence-electron chi connectivity index (χ1n) is 11.4. The minimum absolute atomic E-state index is 0.00941. The fraction of sp³-hybridized carbons (Fsp3) is 0.346. The number of benzene rings is 2. The molecule has 0 spiro atoms. The number of esters is 1. The Kier molecular flexibility index (Phi) is 5.40. The van der Waals surface area contributed by atoms with E-state index in [1.54, 1.807) is 21.9 Å². The van der Waals surface area contributed by atoms with Gasteiger partial charge < -0.3 is 19.5 Å². The number of nitrogens with one attached hydrogen (secondary N) is 1. The number of fused-ring (bicyclic) bond motifs is 4. The molecule has 1 unspecified atom stereocenters. The molecule has 170 valence electrons. The number of rotatable bonds is 5. The van der Waals surface area contributed by atoms with Gasteiger partial charge in [0.2, 0.25) is 11.8 Å². The van der Waals surface area contributed by atoms with Gasteiger partial charge in [0.25, 0.3) is 0 Å². The van der Waals surface area contributed by atoms with Crippen molar-refractivity contribution in [2.24, 2.45) is 0 Å². The molecule has 0 radical (unpaired) electrons. The maximum absolute atomic E-state index is 13.5. The average Bonchev–Trinajstić information content (AvgIpc) is 3.22. The van der Waals surface area contributed by atoms with Gasteiger partial charge in [-0.15, -0.1) is 0 Å². The average molecular weight is 446 g/mol. The minimum Gasteiger partial charge on any atom is -0.465 e. The summed E-state index contributed by atoms with van der Waals surface area (Å²) in [6, 6.07) is 14.2. The Hall–Kier alpha value is -3.61. The molecule has 0 aliphatic carbocycles. The number of methoxy groups -OCH3 is 1. The summed E-state index contributed by atoms with van der Waals surface area (Å²) >= 11 is 0. The molecule has 1 saturated heterocycles. The second-order valence-corrected chi connectivity index (χ2v) is 8.71. The fourth-order valence-corrected chi connectivity index (χ4v) is 5.13. The number of hydrogen-bond acceptors (Lipinski definition) is 4. The van der Waals surface area contributed by atoms with Crippen LogP contribution in [-0.2, 0) is 20.7 Å². The lowest BCUT2D eigenvalue weighted by atomic mass is 9.86. The number of H-pyrrole nitrogens is 1. The molecule has 2 aromatic carbocycles. The van der Waals surface area contributed by atoms with Crippen LogP contribution in [-0.4, -0.2) is 58.8 Å². The number of para-hydroxylation sites is 1. The molecule has 2 amide bonds. The Morgan fingerprint density at radius 1 is 1.12 bits per heavy atom. The van der Waals surface area contributed by atoms with Crippen LogP contribution >= 0.6 is 0 Å². The molecule has 1 N–H and O–H groups in total. The monoisotopic (exact) mass is 445 g/mol. The molecule has 7 heteroatoms. The van der Waals surface area contributed by atoms with Crippen molar-refractivity contribution in [3.63, 3.8) is 0 Å². The third kappa shape index (κ3) is 3.48. The quantitative estimate of drug-likeness (QED) is 0.610. The fourth-order valence-electron chi connectivity index (χ4n) is 5.13. The van der Waals surface area contributed by atoms with Crippen molar-refractivity contribution in [2.75, 3.05) is 20.2 Å². The van der Waals surface area contributed by atoms with E-state index in [9.17, 15) is 14.4 Å². The van der Waals surface area contributed by atoms with Crippen molar-refractivity contribution in [1.82, 2.24) is 14.8 Å². The van der Waals surface area contributed by atoms with E-state index in [4.69, 9.17) is 4.74 Å². The van der Waals surface area contributed by atoms with E-state index in [0.29, 0.717) is 18.5 Å². The number of carbonyl (C=O) groups excluding carboxylic acids is 3. The molecule has 2 aliphatic rings. The highest BCUT2D eigenvalue weighted by molar-refractivity contribution is 5.97. The van der Waals surface area contributed by atoms with E-state index in [0.717, 1.165) is 40.6 Å². The summed E-state index contributed by atoms with van der Waals surface area (Å²) in [5.41, 5.74) is 4.29. The lowest BCUT2D eigenvalue weighted by molar-refractivity contribution is -0.158. The molecule has 0 bridgehead atoms. The van der Waals surface area contributed by atoms with Crippen LogP contribution in [0.15, 0.2) is 48.5 Å². The molecule has 1 fully saturated rings. The first-order chi connectivity index (χ1) is 16.0. The van der Waals surface area contributed by atoms with Gasteiger partial charge in [-0.2, -0.15) is 0 Å². The summed E-state index contributed by atoms with van der Waals surface area (Å²) in [5, 5.41) is 1.08. The zero-order valence-electron chi connectivity index (χ0n) is 18.8. The lowest BCUT2D eigenvalue weighted by Crippen LogP contribution is -2.63. The van der Waals surface area contributed by atoms with Gasteiger partial charge in [-0.05, 0) is 35.7 Å². The predicted octanol–water partition coefficient (Wildman–Crippen LogP) is 3.44. The number of aromatic nitrogens is 1. The Balaban J connectivity index is 1.63. The molecule has 3 aromatic rings. The van der Waals surface area contributed by atoms with Gasteiger partial charge in [-0.3, -0.25) is 9.59 Å². The highest BCUT2D eigenvalue weighted by atomic mass is 16.5. The van der Waals surface area contributed by atoms with E-state index in [-0.39, 0.29) is 18.4 Å². The highest BCUT2D eigenvalue weighted by Crippen LogP contribution is 2.42. The van der Waals surface area contributed by atoms with Gasteiger partial charge in [0, 0.05) is 29.6 Å². The minimum atomic E-state index is -0.542. The summed E-state index contributed by atoms with van der Waals surface area (Å²) in [6.07, 6.45) is 2.33. The van der Waals surface area contributed by atoms with Crippen LogP contribution in [0.1, 0.15) is 53.0 Å². The van der Waals surface area contributed by atoms with Crippen molar-refractivity contribution >= 4 is 28.7 Å². The van der Waals surface area contributed by atoms with Crippen LogP contribution in [0.2, 0.25) is 0 Å². The molecule has 3 heterocycles. The summed E-state index contributed by atoms with van der Waals surface area (Å²) in [7, 11) is 1.35. The second kappa shape index (κ2) is 8.39. The zero-order chi connectivity index (χ0) is 23.1. The zero-order valence-corrected chi connectivity index (χ0v) is 18.8.